The Balaban J connectivity index is 2.31. The lowest BCUT2D eigenvalue weighted by Crippen LogP contribution is -2.21. The predicted molar refractivity (Wildman–Crippen MR) is 94.2 cm³/mol. The maximum absolute atomic E-state index is 5.82. The Kier molecular flexibility index (Phi) is 5.00. The van der Waals surface area contributed by atoms with E-state index in [9.17, 15) is 0 Å². The summed E-state index contributed by atoms with van der Waals surface area (Å²) in [6.45, 7) is 0.814. The zero-order valence-corrected chi connectivity index (χ0v) is 15.0. The van der Waals surface area contributed by atoms with Gasteiger partial charge in [-0.2, -0.15) is 0 Å². The van der Waals surface area contributed by atoms with E-state index in [1.165, 1.54) is 5.56 Å². The smallest absolute Gasteiger partial charge is 0.107 e. The SMILES string of the molecule is CN(Cc1csc(Br)c1)c1cccc(Br)c1C(N)=S. The second-order valence-electron chi connectivity index (χ2n) is 4.11. The summed E-state index contributed by atoms with van der Waals surface area (Å²) in [7, 11) is 2.04. The second kappa shape index (κ2) is 6.35. The molecular weight excluding hydrogens is 408 g/mol. The van der Waals surface area contributed by atoms with Gasteiger partial charge in [-0.3, -0.25) is 0 Å². The molecule has 0 bridgehead atoms. The Bertz CT molecular complexity index is 610. The highest BCUT2D eigenvalue weighted by molar-refractivity contribution is 9.11. The Morgan fingerprint density at radius 2 is 2.16 bits per heavy atom. The number of rotatable bonds is 4. The lowest BCUT2D eigenvalue weighted by molar-refractivity contribution is 0.925. The number of nitrogens with two attached hydrogens (primary N) is 1. The van der Waals surface area contributed by atoms with Crippen molar-refractivity contribution in [1.82, 2.24) is 0 Å². The molecule has 0 saturated heterocycles. The van der Waals surface area contributed by atoms with E-state index < -0.39 is 0 Å². The predicted octanol–water partition coefficient (Wildman–Crippen LogP) is 4.54. The van der Waals surface area contributed by atoms with Crippen LogP contribution in [0.3, 0.4) is 0 Å². The number of benzene rings is 1. The van der Waals surface area contributed by atoms with Gasteiger partial charge in [-0.05, 0) is 61.0 Å². The monoisotopic (exact) mass is 418 g/mol. The fraction of sp³-hybridized carbons (Fsp3) is 0.154. The van der Waals surface area contributed by atoms with Gasteiger partial charge < -0.3 is 10.6 Å². The minimum Gasteiger partial charge on any atom is -0.389 e. The molecule has 0 spiro atoms. The average Bonchev–Trinajstić information content (AvgIpc) is 2.73. The molecule has 0 aliphatic rings. The van der Waals surface area contributed by atoms with Crippen LogP contribution < -0.4 is 10.6 Å². The third-order valence-corrected chi connectivity index (χ3v) is 5.11. The van der Waals surface area contributed by atoms with Gasteiger partial charge in [-0.1, -0.05) is 18.3 Å². The molecule has 0 amide bonds. The first-order valence-corrected chi connectivity index (χ1v) is 8.39. The molecule has 0 saturated carbocycles. The number of hydrogen-bond acceptors (Lipinski definition) is 3. The van der Waals surface area contributed by atoms with Crippen LogP contribution in [-0.2, 0) is 6.54 Å². The summed E-state index contributed by atoms with van der Waals surface area (Å²) < 4.78 is 2.07. The molecule has 0 atom stereocenters. The molecule has 1 aromatic heterocycles. The van der Waals surface area contributed by atoms with Gasteiger partial charge in [0, 0.05) is 29.3 Å². The van der Waals surface area contributed by atoms with E-state index in [0.717, 1.165) is 26.1 Å². The van der Waals surface area contributed by atoms with E-state index in [4.69, 9.17) is 18.0 Å². The normalized spacial score (nSPS) is 10.5. The third kappa shape index (κ3) is 3.56. The summed E-state index contributed by atoms with van der Waals surface area (Å²) in [5.41, 5.74) is 8.99. The standard InChI is InChI=1S/C13H12Br2N2S2/c1-17(6-8-5-11(15)19-7-8)10-4-2-3-9(14)12(10)13(16)18/h2-5,7H,6H2,1H3,(H2,16,18). The van der Waals surface area contributed by atoms with Crippen molar-refractivity contribution in [3.63, 3.8) is 0 Å². The molecule has 0 aliphatic heterocycles. The third-order valence-electron chi connectivity index (χ3n) is 2.69. The molecule has 6 heteroatoms. The topological polar surface area (TPSA) is 29.3 Å². The molecule has 0 radical (unpaired) electrons. The van der Waals surface area contributed by atoms with E-state index in [2.05, 4.69) is 48.2 Å². The Morgan fingerprint density at radius 1 is 1.42 bits per heavy atom. The summed E-state index contributed by atoms with van der Waals surface area (Å²) in [5.74, 6) is 0. The lowest BCUT2D eigenvalue weighted by atomic mass is 10.1. The lowest BCUT2D eigenvalue weighted by Gasteiger charge is -2.22. The van der Waals surface area contributed by atoms with Gasteiger partial charge in [0.1, 0.15) is 4.99 Å². The quantitative estimate of drug-likeness (QED) is 0.737. The summed E-state index contributed by atoms with van der Waals surface area (Å²) in [6, 6.07) is 8.09. The number of hydrogen-bond donors (Lipinski definition) is 1. The van der Waals surface area contributed by atoms with Crippen molar-refractivity contribution in [2.45, 2.75) is 6.54 Å². The maximum atomic E-state index is 5.82. The van der Waals surface area contributed by atoms with Crippen LogP contribution in [-0.4, -0.2) is 12.0 Å². The summed E-state index contributed by atoms with van der Waals surface area (Å²) >= 11 is 13.8. The Labute approximate surface area is 138 Å². The first kappa shape index (κ1) is 15.0. The molecule has 0 aliphatic carbocycles. The van der Waals surface area contributed by atoms with Gasteiger partial charge >= 0.3 is 0 Å². The van der Waals surface area contributed by atoms with Crippen LogP contribution in [0.4, 0.5) is 5.69 Å². The molecule has 2 rings (SSSR count). The average molecular weight is 420 g/mol. The van der Waals surface area contributed by atoms with Crippen LogP contribution in [0.15, 0.2) is 37.9 Å². The van der Waals surface area contributed by atoms with Gasteiger partial charge in [-0.15, -0.1) is 11.3 Å². The van der Waals surface area contributed by atoms with Crippen LogP contribution in [0.1, 0.15) is 11.1 Å². The van der Waals surface area contributed by atoms with Crippen molar-refractivity contribution < 1.29 is 0 Å². The molecule has 19 heavy (non-hydrogen) atoms. The first-order chi connectivity index (χ1) is 8.99. The summed E-state index contributed by atoms with van der Waals surface area (Å²) in [5, 5.41) is 2.14. The number of thiophene rings is 1. The molecule has 2 aromatic rings. The molecule has 0 unspecified atom stereocenters. The van der Waals surface area contributed by atoms with Crippen LogP contribution in [0.5, 0.6) is 0 Å². The molecule has 0 fully saturated rings. The Hall–Kier alpha value is -0.430. The van der Waals surface area contributed by atoms with E-state index in [0.29, 0.717) is 4.99 Å². The van der Waals surface area contributed by atoms with E-state index >= 15 is 0 Å². The van der Waals surface area contributed by atoms with Gasteiger partial charge in [0.05, 0.1) is 3.79 Å². The second-order valence-corrected chi connectivity index (χ2v) is 7.70. The molecule has 100 valence electrons. The largest absolute Gasteiger partial charge is 0.389 e. The first-order valence-electron chi connectivity index (χ1n) is 5.51. The number of halogens is 2. The van der Waals surface area contributed by atoms with Crippen molar-refractivity contribution in [2.75, 3.05) is 11.9 Å². The highest BCUT2D eigenvalue weighted by atomic mass is 79.9. The van der Waals surface area contributed by atoms with Crippen LogP contribution in [0.25, 0.3) is 0 Å². The zero-order valence-electron chi connectivity index (χ0n) is 10.2. The van der Waals surface area contributed by atoms with Gasteiger partial charge in [0.15, 0.2) is 0 Å². The van der Waals surface area contributed by atoms with Crippen LogP contribution >= 0.6 is 55.4 Å². The zero-order chi connectivity index (χ0) is 14.0. The number of nitrogens with zero attached hydrogens (tertiary/aromatic N) is 1. The molecule has 2 nitrogen and oxygen atoms in total. The van der Waals surface area contributed by atoms with Crippen molar-refractivity contribution in [2.24, 2.45) is 5.73 Å². The maximum Gasteiger partial charge on any atom is 0.107 e. The van der Waals surface area contributed by atoms with Crippen LogP contribution in [0.2, 0.25) is 0 Å². The molecule has 2 N–H and O–H groups in total. The fourth-order valence-corrected chi connectivity index (χ4v) is 3.98. The minimum absolute atomic E-state index is 0.404. The van der Waals surface area contributed by atoms with Crippen LogP contribution in [0, 0.1) is 0 Å². The van der Waals surface area contributed by atoms with Crippen molar-refractivity contribution in [3.05, 3.63) is 49.0 Å². The van der Waals surface area contributed by atoms with Crippen molar-refractivity contribution >= 4 is 66.1 Å². The highest BCUT2D eigenvalue weighted by Gasteiger charge is 2.13. The molecular formula is C13H12Br2N2S2. The van der Waals surface area contributed by atoms with Gasteiger partial charge in [0.25, 0.3) is 0 Å². The summed E-state index contributed by atoms with van der Waals surface area (Å²) in [6.07, 6.45) is 0. The van der Waals surface area contributed by atoms with E-state index in [-0.39, 0.29) is 0 Å². The highest BCUT2D eigenvalue weighted by Crippen LogP contribution is 2.29. The van der Waals surface area contributed by atoms with Gasteiger partial charge in [-0.25, -0.2) is 0 Å². The number of thiocarbonyl (C=S) groups is 1. The fourth-order valence-electron chi connectivity index (χ4n) is 1.86. The van der Waals surface area contributed by atoms with Crippen molar-refractivity contribution in [1.29, 1.82) is 0 Å². The van der Waals surface area contributed by atoms with E-state index in [1.54, 1.807) is 11.3 Å². The van der Waals surface area contributed by atoms with E-state index in [1.807, 2.05) is 25.2 Å². The Morgan fingerprint density at radius 3 is 2.74 bits per heavy atom. The van der Waals surface area contributed by atoms with Gasteiger partial charge in [0.2, 0.25) is 0 Å². The molecule has 1 heterocycles. The minimum atomic E-state index is 0.404. The van der Waals surface area contributed by atoms with Crippen molar-refractivity contribution in [3.8, 4) is 0 Å². The number of anilines is 1. The summed E-state index contributed by atoms with van der Waals surface area (Å²) in [4.78, 5) is 2.55. The molecule has 1 aromatic carbocycles.